The number of halogens is 1. The third-order valence-corrected chi connectivity index (χ3v) is 3.71. The second-order valence-electron chi connectivity index (χ2n) is 4.73. The predicted octanol–water partition coefficient (Wildman–Crippen LogP) is 3.21. The summed E-state index contributed by atoms with van der Waals surface area (Å²) in [5, 5.41) is 9.68. The number of carbonyl (C=O) groups is 2. The van der Waals surface area contributed by atoms with Gasteiger partial charge in [0.1, 0.15) is 11.3 Å². The lowest BCUT2D eigenvalue weighted by molar-refractivity contribution is 0.0471. The van der Waals surface area contributed by atoms with Crippen molar-refractivity contribution < 1.29 is 28.9 Å². The van der Waals surface area contributed by atoms with Gasteiger partial charge in [-0.1, -0.05) is 15.9 Å². The van der Waals surface area contributed by atoms with Gasteiger partial charge in [-0.2, -0.15) is 0 Å². The van der Waals surface area contributed by atoms with Crippen molar-refractivity contribution in [3.8, 4) is 17.2 Å². The van der Waals surface area contributed by atoms with Crippen molar-refractivity contribution in [3.63, 3.8) is 0 Å². The number of Topliss-reactive ketones (excluding diaryl/α,β-unsaturated/α-hetero) is 1. The van der Waals surface area contributed by atoms with E-state index in [0.717, 1.165) is 0 Å². The van der Waals surface area contributed by atoms with Gasteiger partial charge in [-0.05, 0) is 36.4 Å². The molecule has 0 aliphatic heterocycles. The maximum atomic E-state index is 12.2. The Bertz CT molecular complexity index is 772. The molecule has 0 bridgehead atoms. The van der Waals surface area contributed by atoms with Gasteiger partial charge in [0.2, 0.25) is 0 Å². The smallest absolute Gasteiger partial charge is 0.342 e. The van der Waals surface area contributed by atoms with Gasteiger partial charge in [-0.15, -0.1) is 0 Å². The minimum atomic E-state index is -0.789. The van der Waals surface area contributed by atoms with Crippen molar-refractivity contribution in [3.05, 3.63) is 52.0 Å². The summed E-state index contributed by atoms with van der Waals surface area (Å²) in [6.45, 7) is -0.458. The summed E-state index contributed by atoms with van der Waals surface area (Å²) in [6, 6.07) is 9.00. The zero-order valence-electron chi connectivity index (χ0n) is 13.0. The number of ketones is 1. The number of hydrogen-bond donors (Lipinski definition) is 1. The summed E-state index contributed by atoms with van der Waals surface area (Å²) >= 11 is 3.20. The molecule has 2 rings (SSSR count). The zero-order chi connectivity index (χ0) is 17.7. The van der Waals surface area contributed by atoms with E-state index >= 15 is 0 Å². The molecule has 1 N–H and O–H groups in total. The molecule has 6 nitrogen and oxygen atoms in total. The Morgan fingerprint density at radius 3 is 2.42 bits per heavy atom. The van der Waals surface area contributed by atoms with Crippen LogP contribution >= 0.6 is 15.9 Å². The van der Waals surface area contributed by atoms with Crippen molar-refractivity contribution in [1.82, 2.24) is 0 Å². The molecule has 0 aliphatic rings. The Kier molecular flexibility index (Phi) is 5.81. The van der Waals surface area contributed by atoms with Crippen LogP contribution in [0, 0.1) is 0 Å². The van der Waals surface area contributed by atoms with Crippen LogP contribution in [0.5, 0.6) is 17.2 Å². The van der Waals surface area contributed by atoms with Gasteiger partial charge in [0.25, 0.3) is 0 Å². The molecule has 7 heteroatoms. The van der Waals surface area contributed by atoms with Crippen LogP contribution in [0.15, 0.2) is 40.9 Å². The summed E-state index contributed by atoms with van der Waals surface area (Å²) in [5.41, 5.74) is 0.295. The number of methoxy groups -OCH3 is 2. The normalized spacial score (nSPS) is 10.1. The first kappa shape index (κ1) is 17.8. The molecule has 24 heavy (non-hydrogen) atoms. The van der Waals surface area contributed by atoms with E-state index in [1.807, 2.05) is 0 Å². The van der Waals surface area contributed by atoms with Crippen LogP contribution in [0.4, 0.5) is 0 Å². The Labute approximate surface area is 147 Å². The van der Waals surface area contributed by atoms with E-state index in [2.05, 4.69) is 15.9 Å². The molecule has 126 valence electrons. The highest BCUT2D eigenvalue weighted by molar-refractivity contribution is 9.10. The number of benzene rings is 2. The maximum Gasteiger partial charge on any atom is 0.342 e. The molecule has 0 amide bonds. The van der Waals surface area contributed by atoms with Gasteiger partial charge in [-0.3, -0.25) is 4.79 Å². The molecular formula is C17H15BrO6. The molecule has 0 unspecified atom stereocenters. The summed E-state index contributed by atoms with van der Waals surface area (Å²) in [6.07, 6.45) is 0. The van der Waals surface area contributed by atoms with E-state index in [4.69, 9.17) is 14.2 Å². The number of phenols is 1. The highest BCUT2D eigenvalue weighted by atomic mass is 79.9. The van der Waals surface area contributed by atoms with E-state index in [0.29, 0.717) is 21.5 Å². The topological polar surface area (TPSA) is 82.1 Å². The maximum absolute atomic E-state index is 12.2. The molecule has 0 spiro atoms. The van der Waals surface area contributed by atoms with Crippen molar-refractivity contribution in [2.24, 2.45) is 0 Å². The lowest BCUT2D eigenvalue weighted by atomic mass is 10.1. The van der Waals surface area contributed by atoms with Crippen LogP contribution in [0.25, 0.3) is 0 Å². The molecule has 0 atom stereocenters. The standard InChI is InChI=1S/C17H15BrO6/c1-22-15-6-3-10(7-16(15)23-2)14(20)9-24-17(21)12-8-11(18)4-5-13(12)19/h3-8,19H,9H2,1-2H3. The SMILES string of the molecule is COc1ccc(C(=O)COC(=O)c2cc(Br)ccc2O)cc1OC. The minimum absolute atomic E-state index is 0.0236. The fourth-order valence-corrected chi connectivity index (χ4v) is 2.33. The molecule has 0 heterocycles. The molecule has 0 aliphatic carbocycles. The van der Waals surface area contributed by atoms with Crippen molar-refractivity contribution >= 4 is 27.7 Å². The molecule has 0 aromatic heterocycles. The van der Waals surface area contributed by atoms with Gasteiger partial charge in [0.05, 0.1) is 14.2 Å². The van der Waals surface area contributed by atoms with E-state index in [-0.39, 0.29) is 11.3 Å². The van der Waals surface area contributed by atoms with Crippen molar-refractivity contribution in [2.45, 2.75) is 0 Å². The second-order valence-corrected chi connectivity index (χ2v) is 5.65. The quantitative estimate of drug-likeness (QED) is 0.598. The van der Waals surface area contributed by atoms with Crippen LogP contribution in [0.1, 0.15) is 20.7 Å². The van der Waals surface area contributed by atoms with Gasteiger partial charge in [0, 0.05) is 10.0 Å². The van der Waals surface area contributed by atoms with Crippen LogP contribution in [-0.4, -0.2) is 37.7 Å². The van der Waals surface area contributed by atoms with E-state index in [9.17, 15) is 14.7 Å². The fraction of sp³-hybridized carbons (Fsp3) is 0.176. The summed E-state index contributed by atoms with van der Waals surface area (Å²) in [4.78, 5) is 24.1. The monoisotopic (exact) mass is 394 g/mol. The van der Waals surface area contributed by atoms with Crippen molar-refractivity contribution in [2.75, 3.05) is 20.8 Å². The number of phenolic OH excluding ortho intramolecular Hbond substituents is 1. The first-order chi connectivity index (χ1) is 11.5. The van der Waals surface area contributed by atoms with Crippen molar-refractivity contribution in [1.29, 1.82) is 0 Å². The van der Waals surface area contributed by atoms with E-state index in [1.54, 1.807) is 18.2 Å². The first-order valence-electron chi connectivity index (χ1n) is 6.87. The van der Waals surface area contributed by atoms with Gasteiger partial charge in [0.15, 0.2) is 23.9 Å². The minimum Gasteiger partial charge on any atom is -0.507 e. The molecule has 0 radical (unpaired) electrons. The molecule has 0 fully saturated rings. The highest BCUT2D eigenvalue weighted by Crippen LogP contribution is 2.28. The van der Waals surface area contributed by atoms with E-state index < -0.39 is 18.4 Å². The van der Waals surface area contributed by atoms with Gasteiger partial charge >= 0.3 is 5.97 Å². The third-order valence-electron chi connectivity index (χ3n) is 3.22. The Morgan fingerprint density at radius 2 is 1.75 bits per heavy atom. The molecule has 0 saturated heterocycles. The van der Waals surface area contributed by atoms with Crippen LogP contribution in [-0.2, 0) is 4.74 Å². The summed E-state index contributed by atoms with van der Waals surface area (Å²) in [7, 11) is 2.95. The Balaban J connectivity index is 2.07. The Hall–Kier alpha value is -2.54. The number of rotatable bonds is 6. The molecule has 0 saturated carbocycles. The number of ether oxygens (including phenoxy) is 3. The third kappa shape index (κ3) is 4.05. The van der Waals surface area contributed by atoms with Gasteiger partial charge in [-0.25, -0.2) is 4.79 Å². The van der Waals surface area contributed by atoms with Gasteiger partial charge < -0.3 is 19.3 Å². The fourth-order valence-electron chi connectivity index (χ4n) is 1.97. The lowest BCUT2D eigenvalue weighted by Gasteiger charge is -2.10. The molecular weight excluding hydrogens is 380 g/mol. The average Bonchev–Trinajstić information content (AvgIpc) is 2.60. The summed E-state index contributed by atoms with van der Waals surface area (Å²) in [5.74, 6) is -0.521. The first-order valence-corrected chi connectivity index (χ1v) is 7.66. The predicted molar refractivity (Wildman–Crippen MR) is 90.0 cm³/mol. The summed E-state index contributed by atoms with van der Waals surface area (Å²) < 4.78 is 15.8. The lowest BCUT2D eigenvalue weighted by Crippen LogP contribution is -2.14. The van der Waals surface area contributed by atoms with E-state index in [1.165, 1.54) is 32.4 Å². The van der Waals surface area contributed by atoms with Crippen LogP contribution in [0.2, 0.25) is 0 Å². The molecule has 2 aromatic rings. The molecule has 2 aromatic carbocycles. The van der Waals surface area contributed by atoms with Crippen LogP contribution < -0.4 is 9.47 Å². The second kappa shape index (κ2) is 7.83. The number of hydrogen-bond acceptors (Lipinski definition) is 6. The highest BCUT2D eigenvalue weighted by Gasteiger charge is 2.17. The number of aromatic hydroxyl groups is 1. The largest absolute Gasteiger partial charge is 0.507 e. The number of carbonyl (C=O) groups excluding carboxylic acids is 2. The Morgan fingerprint density at radius 1 is 1.04 bits per heavy atom. The number of esters is 1. The average molecular weight is 395 g/mol. The van der Waals surface area contributed by atoms with Crippen LogP contribution in [0.3, 0.4) is 0 Å². The zero-order valence-corrected chi connectivity index (χ0v) is 14.6.